The van der Waals surface area contributed by atoms with Crippen LogP contribution >= 0.6 is 0 Å². The van der Waals surface area contributed by atoms with Crippen molar-refractivity contribution in [2.75, 3.05) is 11.9 Å². The molecule has 5 rings (SSSR count). The van der Waals surface area contributed by atoms with E-state index in [9.17, 15) is 9.50 Å². The Kier molecular flexibility index (Phi) is 4.93. The van der Waals surface area contributed by atoms with Crippen molar-refractivity contribution in [1.82, 2.24) is 30.1 Å². The standard InChI is InChI=1S/C22H18FN7O/c23-17-4-2-1-3-15(17)19(7-8-31)29-22-24-10-14-9-13(5-6-18(14)28-22)20-16-11-27-30-21(16)26-12-25-20/h1-6,9-12,19,31H,7-8H2,(H,24,28,29)(H,25,26,27,30). The number of benzene rings is 2. The summed E-state index contributed by atoms with van der Waals surface area (Å²) < 4.78 is 14.2. The molecule has 0 aliphatic heterocycles. The largest absolute Gasteiger partial charge is 0.396 e. The van der Waals surface area contributed by atoms with Gasteiger partial charge in [0.1, 0.15) is 12.1 Å². The number of H-pyrrole nitrogens is 1. The van der Waals surface area contributed by atoms with Gasteiger partial charge in [-0.05, 0) is 24.6 Å². The fourth-order valence-corrected chi connectivity index (χ4v) is 3.59. The molecule has 3 N–H and O–H groups in total. The Bertz CT molecular complexity index is 1370. The van der Waals surface area contributed by atoms with Gasteiger partial charge in [0.2, 0.25) is 5.95 Å². The Morgan fingerprint density at radius 2 is 1.97 bits per heavy atom. The fraction of sp³-hybridized carbons (Fsp3) is 0.136. The van der Waals surface area contributed by atoms with Gasteiger partial charge in [-0.3, -0.25) is 5.10 Å². The van der Waals surface area contributed by atoms with Crippen LogP contribution in [-0.2, 0) is 0 Å². The number of nitrogens with one attached hydrogen (secondary N) is 2. The van der Waals surface area contributed by atoms with Crippen LogP contribution in [-0.4, -0.2) is 41.8 Å². The Morgan fingerprint density at radius 1 is 1.06 bits per heavy atom. The highest BCUT2D eigenvalue weighted by atomic mass is 19.1. The summed E-state index contributed by atoms with van der Waals surface area (Å²) >= 11 is 0. The highest BCUT2D eigenvalue weighted by Crippen LogP contribution is 2.28. The fourth-order valence-electron chi connectivity index (χ4n) is 3.59. The molecule has 154 valence electrons. The van der Waals surface area contributed by atoms with Gasteiger partial charge in [0.25, 0.3) is 0 Å². The van der Waals surface area contributed by atoms with E-state index in [1.165, 1.54) is 12.4 Å². The first-order valence-electron chi connectivity index (χ1n) is 9.76. The molecule has 9 heteroatoms. The summed E-state index contributed by atoms with van der Waals surface area (Å²) in [5.74, 6) is 0.0236. The Morgan fingerprint density at radius 3 is 2.84 bits per heavy atom. The van der Waals surface area contributed by atoms with E-state index in [2.05, 4.69) is 35.5 Å². The van der Waals surface area contributed by atoms with Gasteiger partial charge in [-0.25, -0.2) is 24.3 Å². The van der Waals surface area contributed by atoms with Crippen LogP contribution in [0.2, 0.25) is 0 Å². The zero-order valence-corrected chi connectivity index (χ0v) is 16.3. The normalized spacial score (nSPS) is 12.3. The van der Waals surface area contributed by atoms with Crippen LogP contribution in [0.4, 0.5) is 10.3 Å². The summed E-state index contributed by atoms with van der Waals surface area (Å²) in [6, 6.07) is 11.8. The third kappa shape index (κ3) is 3.66. The lowest BCUT2D eigenvalue weighted by Gasteiger charge is -2.19. The minimum atomic E-state index is -0.446. The number of aromatic amines is 1. The number of aromatic nitrogens is 6. The SMILES string of the molecule is OCCC(Nc1ncc2cc(-c3ncnc4[nH]ncc34)ccc2n1)c1ccccc1F. The predicted octanol–water partition coefficient (Wildman–Crippen LogP) is 3.64. The van der Waals surface area contributed by atoms with Gasteiger partial charge < -0.3 is 10.4 Å². The third-order valence-electron chi connectivity index (χ3n) is 5.10. The van der Waals surface area contributed by atoms with Crippen molar-refractivity contribution in [2.24, 2.45) is 0 Å². The van der Waals surface area contributed by atoms with Crippen LogP contribution in [0.5, 0.6) is 0 Å². The van der Waals surface area contributed by atoms with Gasteiger partial charge in [-0.1, -0.05) is 24.3 Å². The number of aliphatic hydroxyl groups excluding tert-OH is 1. The zero-order chi connectivity index (χ0) is 21.2. The van der Waals surface area contributed by atoms with Crippen molar-refractivity contribution in [3.8, 4) is 11.3 Å². The number of aliphatic hydroxyl groups is 1. The molecule has 0 saturated heterocycles. The quantitative estimate of drug-likeness (QED) is 0.388. The van der Waals surface area contributed by atoms with Crippen LogP contribution in [0.25, 0.3) is 33.2 Å². The van der Waals surface area contributed by atoms with Crippen molar-refractivity contribution in [2.45, 2.75) is 12.5 Å². The number of fused-ring (bicyclic) bond motifs is 2. The summed E-state index contributed by atoms with van der Waals surface area (Å²) in [7, 11) is 0. The summed E-state index contributed by atoms with van der Waals surface area (Å²) in [4.78, 5) is 17.5. The molecule has 2 aromatic carbocycles. The molecule has 0 aliphatic rings. The number of rotatable bonds is 6. The number of hydrogen-bond donors (Lipinski definition) is 3. The first-order chi connectivity index (χ1) is 15.2. The maximum atomic E-state index is 14.2. The number of anilines is 1. The van der Waals surface area contributed by atoms with E-state index in [1.54, 1.807) is 30.6 Å². The lowest BCUT2D eigenvalue weighted by atomic mass is 10.0. The zero-order valence-electron chi connectivity index (χ0n) is 16.3. The lowest BCUT2D eigenvalue weighted by molar-refractivity contribution is 0.279. The minimum absolute atomic E-state index is 0.0929. The first-order valence-corrected chi connectivity index (χ1v) is 9.76. The Balaban J connectivity index is 1.47. The van der Waals surface area contributed by atoms with Gasteiger partial charge in [0.05, 0.1) is 28.8 Å². The molecule has 8 nitrogen and oxygen atoms in total. The van der Waals surface area contributed by atoms with Gasteiger partial charge in [-0.2, -0.15) is 5.10 Å². The van der Waals surface area contributed by atoms with E-state index in [0.29, 0.717) is 23.6 Å². The van der Waals surface area contributed by atoms with E-state index < -0.39 is 6.04 Å². The monoisotopic (exact) mass is 415 g/mol. The summed E-state index contributed by atoms with van der Waals surface area (Å²) in [6.45, 7) is -0.0929. The average molecular weight is 415 g/mol. The molecule has 0 radical (unpaired) electrons. The van der Waals surface area contributed by atoms with E-state index in [-0.39, 0.29) is 12.4 Å². The number of hydrogen-bond acceptors (Lipinski definition) is 7. The van der Waals surface area contributed by atoms with Crippen LogP contribution in [0.1, 0.15) is 18.0 Å². The highest BCUT2D eigenvalue weighted by molar-refractivity contribution is 5.93. The van der Waals surface area contributed by atoms with E-state index in [4.69, 9.17) is 0 Å². The minimum Gasteiger partial charge on any atom is -0.396 e. The molecule has 31 heavy (non-hydrogen) atoms. The second kappa shape index (κ2) is 8.04. The van der Waals surface area contributed by atoms with Crippen molar-refractivity contribution in [1.29, 1.82) is 0 Å². The summed E-state index contributed by atoms with van der Waals surface area (Å²) in [5, 5.41) is 21.1. The van der Waals surface area contributed by atoms with E-state index >= 15 is 0 Å². The highest BCUT2D eigenvalue weighted by Gasteiger charge is 2.16. The molecule has 0 bridgehead atoms. The van der Waals surface area contributed by atoms with Gasteiger partial charge in [0, 0.05) is 29.3 Å². The summed E-state index contributed by atoms with van der Waals surface area (Å²) in [5.41, 5.74) is 3.53. The molecular weight excluding hydrogens is 397 g/mol. The molecule has 1 unspecified atom stereocenters. The molecule has 3 heterocycles. The van der Waals surface area contributed by atoms with Crippen molar-refractivity contribution in [3.63, 3.8) is 0 Å². The molecule has 0 spiro atoms. The Hall–Kier alpha value is -3.98. The maximum absolute atomic E-state index is 14.2. The molecule has 0 saturated carbocycles. The van der Waals surface area contributed by atoms with Gasteiger partial charge in [0.15, 0.2) is 5.65 Å². The topological polar surface area (TPSA) is 112 Å². The molecule has 0 amide bonds. The van der Waals surface area contributed by atoms with Crippen molar-refractivity contribution in [3.05, 3.63) is 72.6 Å². The first kappa shape index (κ1) is 19.0. The van der Waals surface area contributed by atoms with Crippen LogP contribution in [0.15, 0.2) is 61.2 Å². The van der Waals surface area contributed by atoms with Crippen molar-refractivity contribution < 1.29 is 9.50 Å². The molecular formula is C22H18FN7O. The molecule has 5 aromatic rings. The smallest absolute Gasteiger partial charge is 0.223 e. The van der Waals surface area contributed by atoms with Crippen LogP contribution in [0.3, 0.4) is 0 Å². The number of nitrogens with zero attached hydrogens (tertiary/aromatic N) is 5. The predicted molar refractivity (Wildman–Crippen MR) is 115 cm³/mol. The second-order valence-corrected chi connectivity index (χ2v) is 7.05. The molecule has 0 aliphatic carbocycles. The maximum Gasteiger partial charge on any atom is 0.223 e. The average Bonchev–Trinajstić information content (AvgIpc) is 3.28. The molecule has 3 aromatic heterocycles. The Labute approximate surface area is 176 Å². The summed E-state index contributed by atoms with van der Waals surface area (Å²) in [6.07, 6.45) is 5.23. The van der Waals surface area contributed by atoms with Crippen molar-refractivity contribution >= 4 is 27.9 Å². The lowest BCUT2D eigenvalue weighted by Crippen LogP contribution is -2.15. The molecule has 1 atom stereocenters. The second-order valence-electron chi connectivity index (χ2n) is 7.05. The number of halogens is 1. The molecule has 0 fully saturated rings. The van der Waals surface area contributed by atoms with Crippen LogP contribution in [0, 0.1) is 5.82 Å². The van der Waals surface area contributed by atoms with Gasteiger partial charge >= 0.3 is 0 Å². The van der Waals surface area contributed by atoms with Gasteiger partial charge in [-0.15, -0.1) is 0 Å². The third-order valence-corrected chi connectivity index (χ3v) is 5.10. The van der Waals surface area contributed by atoms with E-state index in [0.717, 1.165) is 27.5 Å². The van der Waals surface area contributed by atoms with Crippen LogP contribution < -0.4 is 5.32 Å². The van der Waals surface area contributed by atoms with E-state index in [1.807, 2.05) is 18.2 Å².